The molecule has 0 bridgehead atoms. The molecular formula is C7H11BrN2O. The number of hydrogen-bond acceptors (Lipinski definition) is 2. The summed E-state index contributed by atoms with van der Waals surface area (Å²) in [6.45, 7) is 1.93. The lowest BCUT2D eigenvalue weighted by Crippen LogP contribution is -2.04. The Kier molecular flexibility index (Phi) is 2.67. The van der Waals surface area contributed by atoms with Gasteiger partial charge in [0.05, 0.1) is 22.5 Å². The summed E-state index contributed by atoms with van der Waals surface area (Å²) in [7, 11) is 1.82. The van der Waals surface area contributed by atoms with Crippen LogP contribution >= 0.6 is 15.9 Å². The van der Waals surface area contributed by atoms with E-state index in [0.717, 1.165) is 10.2 Å². The van der Waals surface area contributed by atoms with Gasteiger partial charge in [-0.3, -0.25) is 4.68 Å². The molecular weight excluding hydrogens is 208 g/mol. The molecule has 1 unspecified atom stereocenters. The number of rotatable bonds is 2. The molecule has 62 valence electrons. The Morgan fingerprint density at radius 3 is 2.82 bits per heavy atom. The van der Waals surface area contributed by atoms with E-state index in [2.05, 4.69) is 21.0 Å². The first-order valence-electron chi connectivity index (χ1n) is 3.52. The lowest BCUT2D eigenvalue weighted by atomic mass is 10.2. The number of aliphatic hydroxyl groups excluding tert-OH is 1. The van der Waals surface area contributed by atoms with E-state index in [9.17, 15) is 5.11 Å². The average Bonchev–Trinajstić information content (AvgIpc) is 2.30. The van der Waals surface area contributed by atoms with E-state index >= 15 is 0 Å². The highest BCUT2D eigenvalue weighted by Gasteiger charge is 2.13. The van der Waals surface area contributed by atoms with E-state index in [4.69, 9.17) is 0 Å². The molecule has 1 aromatic heterocycles. The van der Waals surface area contributed by atoms with Gasteiger partial charge in [-0.2, -0.15) is 5.10 Å². The minimum absolute atomic E-state index is 0.420. The van der Waals surface area contributed by atoms with Gasteiger partial charge in [-0.25, -0.2) is 0 Å². The fourth-order valence-electron chi connectivity index (χ4n) is 0.988. The third-order valence-corrected chi connectivity index (χ3v) is 2.25. The zero-order chi connectivity index (χ0) is 8.43. The number of aromatic nitrogens is 2. The van der Waals surface area contributed by atoms with Gasteiger partial charge in [0.1, 0.15) is 0 Å². The van der Waals surface area contributed by atoms with Crippen LogP contribution < -0.4 is 0 Å². The van der Waals surface area contributed by atoms with Gasteiger partial charge in [0.25, 0.3) is 0 Å². The van der Waals surface area contributed by atoms with Crippen LogP contribution in [-0.4, -0.2) is 14.9 Å². The highest BCUT2D eigenvalue weighted by molar-refractivity contribution is 9.10. The van der Waals surface area contributed by atoms with Gasteiger partial charge in [0, 0.05) is 7.05 Å². The number of halogens is 1. The fraction of sp³-hybridized carbons (Fsp3) is 0.571. The van der Waals surface area contributed by atoms with Crippen LogP contribution in [0.25, 0.3) is 0 Å². The maximum atomic E-state index is 9.49. The van der Waals surface area contributed by atoms with Crippen LogP contribution in [0.3, 0.4) is 0 Å². The van der Waals surface area contributed by atoms with Crippen LogP contribution in [0.1, 0.15) is 25.1 Å². The Labute approximate surface area is 74.2 Å². The summed E-state index contributed by atoms with van der Waals surface area (Å²) >= 11 is 3.32. The molecule has 0 saturated carbocycles. The molecule has 1 N–H and O–H groups in total. The Balaban J connectivity index is 3.00. The number of aliphatic hydroxyl groups is 1. The third-order valence-electron chi connectivity index (χ3n) is 1.64. The second-order valence-corrected chi connectivity index (χ2v) is 3.28. The zero-order valence-corrected chi connectivity index (χ0v) is 8.17. The Hall–Kier alpha value is -0.350. The molecule has 1 atom stereocenters. The number of hydrogen-bond donors (Lipinski definition) is 1. The van der Waals surface area contributed by atoms with Crippen molar-refractivity contribution in [3.8, 4) is 0 Å². The molecule has 0 spiro atoms. The van der Waals surface area contributed by atoms with Crippen molar-refractivity contribution in [1.82, 2.24) is 9.78 Å². The molecule has 1 heterocycles. The topological polar surface area (TPSA) is 38.1 Å². The van der Waals surface area contributed by atoms with Gasteiger partial charge < -0.3 is 5.11 Å². The third kappa shape index (κ3) is 1.62. The first-order valence-corrected chi connectivity index (χ1v) is 4.31. The van der Waals surface area contributed by atoms with E-state index in [0.29, 0.717) is 6.42 Å². The van der Waals surface area contributed by atoms with Gasteiger partial charge in [0.2, 0.25) is 0 Å². The van der Waals surface area contributed by atoms with Crippen molar-refractivity contribution in [2.24, 2.45) is 7.05 Å². The summed E-state index contributed by atoms with van der Waals surface area (Å²) in [6.07, 6.45) is 1.98. The summed E-state index contributed by atoms with van der Waals surface area (Å²) < 4.78 is 2.55. The van der Waals surface area contributed by atoms with E-state index < -0.39 is 6.10 Å². The van der Waals surface area contributed by atoms with Crippen molar-refractivity contribution in [3.05, 3.63) is 16.4 Å². The van der Waals surface area contributed by atoms with Gasteiger partial charge in [-0.1, -0.05) is 6.92 Å². The summed E-state index contributed by atoms with van der Waals surface area (Å²) in [5, 5.41) is 13.5. The highest BCUT2D eigenvalue weighted by atomic mass is 79.9. The molecule has 4 heteroatoms. The van der Waals surface area contributed by atoms with Crippen LogP contribution in [0, 0.1) is 0 Å². The number of aryl methyl sites for hydroxylation is 1. The van der Waals surface area contributed by atoms with Crippen LogP contribution in [0.15, 0.2) is 10.7 Å². The molecule has 0 fully saturated rings. The fourth-order valence-corrected chi connectivity index (χ4v) is 1.60. The van der Waals surface area contributed by atoms with Crippen molar-refractivity contribution in [2.45, 2.75) is 19.4 Å². The van der Waals surface area contributed by atoms with Gasteiger partial charge >= 0.3 is 0 Å². The minimum atomic E-state index is -0.420. The summed E-state index contributed by atoms with van der Waals surface area (Å²) in [5.74, 6) is 0. The molecule has 0 aliphatic carbocycles. The quantitative estimate of drug-likeness (QED) is 0.820. The molecule has 0 saturated heterocycles. The van der Waals surface area contributed by atoms with Crippen molar-refractivity contribution in [3.63, 3.8) is 0 Å². The second kappa shape index (κ2) is 3.36. The molecule has 0 amide bonds. The second-order valence-electron chi connectivity index (χ2n) is 2.43. The predicted octanol–water partition coefficient (Wildman–Crippen LogP) is 1.63. The standard InChI is InChI=1S/C7H11BrN2O/c1-3-6(11)7-5(8)4-9-10(7)2/h4,6,11H,3H2,1-2H3. The molecule has 0 aliphatic heterocycles. The summed E-state index contributed by atoms with van der Waals surface area (Å²) in [4.78, 5) is 0. The predicted molar refractivity (Wildman–Crippen MR) is 46.2 cm³/mol. The SMILES string of the molecule is CCC(O)c1c(Br)cnn1C. The van der Waals surface area contributed by atoms with Crippen LogP contribution in [0.2, 0.25) is 0 Å². The van der Waals surface area contributed by atoms with Gasteiger partial charge in [0.15, 0.2) is 0 Å². The van der Waals surface area contributed by atoms with Crippen molar-refractivity contribution < 1.29 is 5.11 Å². The van der Waals surface area contributed by atoms with Crippen LogP contribution in [0.5, 0.6) is 0 Å². The van der Waals surface area contributed by atoms with E-state index in [-0.39, 0.29) is 0 Å². The van der Waals surface area contributed by atoms with Crippen LogP contribution in [-0.2, 0) is 7.05 Å². The normalized spacial score (nSPS) is 13.5. The van der Waals surface area contributed by atoms with Gasteiger partial charge in [-0.15, -0.1) is 0 Å². The van der Waals surface area contributed by atoms with Crippen LogP contribution in [0.4, 0.5) is 0 Å². The Bertz CT molecular complexity index is 227. The maximum Gasteiger partial charge on any atom is 0.0965 e. The number of nitrogens with zero attached hydrogens (tertiary/aromatic N) is 2. The zero-order valence-electron chi connectivity index (χ0n) is 6.58. The molecule has 3 nitrogen and oxygen atoms in total. The monoisotopic (exact) mass is 218 g/mol. The minimum Gasteiger partial charge on any atom is -0.387 e. The summed E-state index contributed by atoms with van der Waals surface area (Å²) in [5.41, 5.74) is 0.840. The largest absolute Gasteiger partial charge is 0.387 e. The molecule has 0 aliphatic rings. The van der Waals surface area contributed by atoms with Gasteiger partial charge in [-0.05, 0) is 22.4 Å². The smallest absolute Gasteiger partial charge is 0.0965 e. The van der Waals surface area contributed by atoms with Crippen molar-refractivity contribution in [2.75, 3.05) is 0 Å². The Morgan fingerprint density at radius 2 is 2.45 bits per heavy atom. The molecule has 11 heavy (non-hydrogen) atoms. The molecule has 0 aromatic carbocycles. The lowest BCUT2D eigenvalue weighted by Gasteiger charge is -2.08. The molecule has 1 aromatic rings. The first kappa shape index (κ1) is 8.74. The summed E-state index contributed by atoms with van der Waals surface area (Å²) in [6, 6.07) is 0. The van der Waals surface area contributed by atoms with E-state index in [1.54, 1.807) is 10.9 Å². The molecule has 0 radical (unpaired) electrons. The van der Waals surface area contributed by atoms with E-state index in [1.165, 1.54) is 0 Å². The molecule has 1 rings (SSSR count). The Morgan fingerprint density at radius 1 is 1.82 bits per heavy atom. The lowest BCUT2D eigenvalue weighted by molar-refractivity contribution is 0.163. The van der Waals surface area contributed by atoms with E-state index in [1.807, 2.05) is 14.0 Å². The highest BCUT2D eigenvalue weighted by Crippen LogP contribution is 2.23. The average molecular weight is 219 g/mol. The van der Waals surface area contributed by atoms with Crippen molar-refractivity contribution >= 4 is 15.9 Å². The maximum absolute atomic E-state index is 9.49. The van der Waals surface area contributed by atoms with Crippen molar-refractivity contribution in [1.29, 1.82) is 0 Å². The first-order chi connectivity index (χ1) is 5.16.